The highest BCUT2D eigenvalue weighted by Crippen LogP contribution is 2.30. The van der Waals surface area contributed by atoms with Crippen molar-refractivity contribution in [2.75, 3.05) is 5.32 Å². The minimum absolute atomic E-state index is 0.00356. The fourth-order valence-corrected chi connectivity index (χ4v) is 3.89. The van der Waals surface area contributed by atoms with Crippen LogP contribution in [0.15, 0.2) is 34.7 Å². The third-order valence-corrected chi connectivity index (χ3v) is 5.66. The zero-order valence-corrected chi connectivity index (χ0v) is 17.5. The molecule has 2 aromatic heterocycles. The Morgan fingerprint density at radius 2 is 1.82 bits per heavy atom. The number of fused-ring (bicyclic) bond motifs is 1. The summed E-state index contributed by atoms with van der Waals surface area (Å²) in [6.07, 6.45) is 2.44. The summed E-state index contributed by atoms with van der Waals surface area (Å²) in [5, 5.41) is 19.1. The minimum Gasteiger partial charge on any atom is -0.490 e. The van der Waals surface area contributed by atoms with Crippen molar-refractivity contribution in [3.63, 3.8) is 0 Å². The van der Waals surface area contributed by atoms with Gasteiger partial charge in [0.05, 0.1) is 28.7 Å². The van der Waals surface area contributed by atoms with Gasteiger partial charge >= 0.3 is 12.0 Å². The summed E-state index contributed by atoms with van der Waals surface area (Å²) in [7, 11) is 0. The molecule has 0 saturated heterocycles. The largest absolute Gasteiger partial charge is 0.490 e. The number of aromatic nitrogens is 4. The van der Waals surface area contributed by atoms with Crippen LogP contribution in [-0.4, -0.2) is 37.3 Å². The molecule has 0 spiro atoms. The normalized spacial score (nSPS) is 18.2. The highest BCUT2D eigenvalue weighted by Gasteiger charge is 2.27. The third-order valence-electron chi connectivity index (χ3n) is 5.66. The number of nitrogens with one attached hydrogen (secondary N) is 2. The molecule has 5 rings (SSSR count). The van der Waals surface area contributed by atoms with Crippen molar-refractivity contribution in [2.24, 2.45) is 5.92 Å². The second-order valence-electron chi connectivity index (χ2n) is 7.98. The maximum atomic E-state index is 13.8. The predicted octanol–water partition coefficient (Wildman–Crippen LogP) is 4.80. The topological polar surface area (TPSA) is 126 Å². The Hall–Kier alpha value is -4.09. The van der Waals surface area contributed by atoms with Crippen LogP contribution in [0.5, 0.6) is 5.75 Å². The van der Waals surface area contributed by atoms with E-state index in [1.54, 1.807) is 18.2 Å². The standard InChI is InChI=1S/C22H18F3N5O4/c23-13-8-15(25)17(9-14(13)24)28-22-30-29-20(34-22)19-26-16-6-5-12(7-18(16)27-19)33-11-3-1-10(2-4-11)21(31)32/h5-11H,1-4H2,(H,26,27)(H,28,30)(H,31,32)/t10-,11-. The average Bonchev–Trinajstić information content (AvgIpc) is 3.44. The summed E-state index contributed by atoms with van der Waals surface area (Å²) in [6.45, 7) is 0. The van der Waals surface area contributed by atoms with E-state index in [1.165, 1.54) is 0 Å². The number of ether oxygens (including phenoxy) is 1. The number of hydrogen-bond acceptors (Lipinski definition) is 7. The molecule has 3 N–H and O–H groups in total. The van der Waals surface area contributed by atoms with Crippen molar-refractivity contribution in [3.05, 3.63) is 47.8 Å². The number of anilines is 2. The molecule has 0 bridgehead atoms. The number of aliphatic carboxylic acids is 1. The Morgan fingerprint density at radius 1 is 1.06 bits per heavy atom. The number of carboxylic acids is 1. The molecule has 12 heteroatoms. The van der Waals surface area contributed by atoms with E-state index in [0.717, 1.165) is 0 Å². The lowest BCUT2D eigenvalue weighted by Crippen LogP contribution is -2.27. The number of halogens is 3. The molecule has 34 heavy (non-hydrogen) atoms. The van der Waals surface area contributed by atoms with Gasteiger partial charge in [-0.1, -0.05) is 5.10 Å². The Bertz CT molecular complexity index is 1360. The van der Waals surface area contributed by atoms with Crippen molar-refractivity contribution >= 4 is 28.7 Å². The summed E-state index contributed by atoms with van der Waals surface area (Å²) >= 11 is 0. The Labute approximate surface area is 190 Å². The quantitative estimate of drug-likeness (QED) is 0.341. The molecular formula is C22H18F3N5O4. The average molecular weight is 473 g/mol. The highest BCUT2D eigenvalue weighted by molar-refractivity contribution is 5.79. The molecule has 4 aromatic rings. The van der Waals surface area contributed by atoms with Crippen LogP contribution in [0.4, 0.5) is 24.9 Å². The number of benzene rings is 2. The van der Waals surface area contributed by atoms with Crippen LogP contribution in [-0.2, 0) is 4.79 Å². The number of nitrogens with zero attached hydrogens (tertiary/aromatic N) is 3. The zero-order valence-electron chi connectivity index (χ0n) is 17.5. The Morgan fingerprint density at radius 3 is 2.59 bits per heavy atom. The van der Waals surface area contributed by atoms with Gasteiger partial charge in [-0.3, -0.25) is 4.79 Å². The van der Waals surface area contributed by atoms with E-state index in [-0.39, 0.29) is 35.4 Å². The Balaban J connectivity index is 1.29. The molecule has 9 nitrogen and oxygen atoms in total. The van der Waals surface area contributed by atoms with Crippen LogP contribution in [0.1, 0.15) is 25.7 Å². The molecule has 0 unspecified atom stereocenters. The lowest BCUT2D eigenvalue weighted by molar-refractivity contribution is -0.143. The van der Waals surface area contributed by atoms with Crippen molar-refractivity contribution < 1.29 is 32.2 Å². The van der Waals surface area contributed by atoms with E-state index < -0.39 is 23.4 Å². The maximum Gasteiger partial charge on any atom is 0.320 e. The number of imidazole rings is 1. The van der Waals surface area contributed by atoms with Crippen LogP contribution in [0, 0.1) is 23.4 Å². The maximum absolute atomic E-state index is 13.8. The number of rotatable bonds is 6. The summed E-state index contributed by atoms with van der Waals surface area (Å²) in [4.78, 5) is 18.5. The van der Waals surface area contributed by atoms with Gasteiger partial charge in [0.1, 0.15) is 11.6 Å². The lowest BCUT2D eigenvalue weighted by Gasteiger charge is -2.26. The minimum atomic E-state index is -1.31. The van der Waals surface area contributed by atoms with Crippen LogP contribution < -0.4 is 10.1 Å². The van der Waals surface area contributed by atoms with E-state index in [9.17, 15) is 18.0 Å². The smallest absolute Gasteiger partial charge is 0.320 e. The van der Waals surface area contributed by atoms with Gasteiger partial charge in [-0.05, 0) is 37.8 Å². The van der Waals surface area contributed by atoms with E-state index >= 15 is 0 Å². The SMILES string of the molecule is O=C(O)[C@H]1CC[C@H](Oc2ccc3nc(-c4nnc(Nc5cc(F)c(F)cc5F)o4)[nH]c3c2)CC1. The summed E-state index contributed by atoms with van der Waals surface area (Å²) < 4.78 is 51.7. The second kappa shape index (κ2) is 8.69. The van der Waals surface area contributed by atoms with E-state index in [4.69, 9.17) is 14.3 Å². The molecule has 1 aliphatic rings. The first-order valence-electron chi connectivity index (χ1n) is 10.5. The molecule has 0 amide bonds. The lowest BCUT2D eigenvalue weighted by atomic mass is 9.87. The van der Waals surface area contributed by atoms with Gasteiger partial charge in [-0.25, -0.2) is 18.2 Å². The molecule has 0 atom stereocenters. The molecule has 0 radical (unpaired) electrons. The van der Waals surface area contributed by atoms with E-state index in [1.807, 2.05) is 0 Å². The van der Waals surface area contributed by atoms with Gasteiger partial charge in [0, 0.05) is 18.2 Å². The molecule has 2 aromatic carbocycles. The number of carboxylic acid groups (broad SMARTS) is 1. The molecule has 1 aliphatic carbocycles. The number of hydrogen-bond donors (Lipinski definition) is 3. The van der Waals surface area contributed by atoms with Gasteiger partial charge in [0.2, 0.25) is 0 Å². The summed E-state index contributed by atoms with van der Waals surface area (Å²) in [6, 6.07) is 6.10. The van der Waals surface area contributed by atoms with Crippen LogP contribution in [0.2, 0.25) is 0 Å². The van der Waals surface area contributed by atoms with Gasteiger partial charge in [0.15, 0.2) is 17.5 Å². The van der Waals surface area contributed by atoms with Crippen molar-refractivity contribution in [3.8, 4) is 17.5 Å². The van der Waals surface area contributed by atoms with Crippen molar-refractivity contribution in [2.45, 2.75) is 31.8 Å². The molecule has 176 valence electrons. The summed E-state index contributed by atoms with van der Waals surface area (Å²) in [5.74, 6) is -3.78. The fourth-order valence-electron chi connectivity index (χ4n) is 3.89. The molecule has 2 heterocycles. The van der Waals surface area contributed by atoms with Crippen LogP contribution in [0.25, 0.3) is 22.7 Å². The summed E-state index contributed by atoms with van der Waals surface area (Å²) in [5.41, 5.74) is 0.889. The van der Waals surface area contributed by atoms with Gasteiger partial charge in [0.25, 0.3) is 5.89 Å². The molecular weight excluding hydrogens is 455 g/mol. The number of carbonyl (C=O) groups is 1. The highest BCUT2D eigenvalue weighted by atomic mass is 19.2. The monoisotopic (exact) mass is 473 g/mol. The van der Waals surface area contributed by atoms with Crippen LogP contribution in [0.3, 0.4) is 0 Å². The number of H-pyrrole nitrogens is 1. The first kappa shape index (κ1) is 21.7. The van der Waals surface area contributed by atoms with Gasteiger partial charge in [-0.2, -0.15) is 0 Å². The van der Waals surface area contributed by atoms with Gasteiger partial charge < -0.3 is 24.6 Å². The molecule has 0 aliphatic heterocycles. The fraction of sp³-hybridized carbons (Fsp3) is 0.273. The van der Waals surface area contributed by atoms with E-state index in [0.29, 0.717) is 54.6 Å². The van der Waals surface area contributed by atoms with Gasteiger partial charge in [-0.15, -0.1) is 5.10 Å². The van der Waals surface area contributed by atoms with Crippen LogP contribution >= 0.6 is 0 Å². The first-order chi connectivity index (χ1) is 16.4. The number of aromatic amines is 1. The predicted molar refractivity (Wildman–Crippen MR) is 113 cm³/mol. The van der Waals surface area contributed by atoms with Crippen molar-refractivity contribution in [1.82, 2.24) is 20.2 Å². The van der Waals surface area contributed by atoms with Crippen molar-refractivity contribution in [1.29, 1.82) is 0 Å². The zero-order chi connectivity index (χ0) is 23.8. The molecule has 1 saturated carbocycles. The first-order valence-corrected chi connectivity index (χ1v) is 10.5. The van der Waals surface area contributed by atoms with E-state index in [2.05, 4.69) is 25.5 Å². The Kier molecular flexibility index (Phi) is 5.56. The molecule has 1 fully saturated rings. The second-order valence-corrected chi connectivity index (χ2v) is 7.98. The third kappa shape index (κ3) is 4.38.